The fourth-order valence-corrected chi connectivity index (χ4v) is 4.38. The first-order valence-corrected chi connectivity index (χ1v) is 12.1. The molecule has 8 nitrogen and oxygen atoms in total. The standard InChI is InChI=1S/C24H29ClN4O4S/c1-7-29-23(16(4)33-18-10-14(2)22(25)15(3)11-18)27-28-24(29)34-13-21(30)26-19-12-17(31-5)8-9-20(19)32-6/h8-12,16H,7,13H2,1-6H3,(H,26,30). The Morgan fingerprint density at radius 1 is 1.12 bits per heavy atom. The van der Waals surface area contributed by atoms with E-state index in [1.165, 1.54) is 11.8 Å². The normalized spacial score (nSPS) is 11.7. The highest BCUT2D eigenvalue weighted by atomic mass is 35.5. The van der Waals surface area contributed by atoms with E-state index in [1.807, 2.05) is 44.4 Å². The molecule has 0 radical (unpaired) electrons. The highest BCUT2D eigenvalue weighted by Gasteiger charge is 2.20. The molecule has 0 bridgehead atoms. The maximum Gasteiger partial charge on any atom is 0.234 e. The number of ether oxygens (including phenoxy) is 3. The predicted octanol–water partition coefficient (Wildman–Crippen LogP) is 5.46. The molecule has 0 fully saturated rings. The number of aryl methyl sites for hydroxylation is 2. The molecule has 182 valence electrons. The molecule has 10 heteroatoms. The van der Waals surface area contributed by atoms with Gasteiger partial charge in [0.15, 0.2) is 17.1 Å². The summed E-state index contributed by atoms with van der Waals surface area (Å²) in [6, 6.07) is 9.04. The summed E-state index contributed by atoms with van der Waals surface area (Å²) in [5, 5.41) is 12.9. The molecule has 0 spiro atoms. The summed E-state index contributed by atoms with van der Waals surface area (Å²) in [7, 11) is 3.12. The van der Waals surface area contributed by atoms with Gasteiger partial charge in [-0.3, -0.25) is 4.79 Å². The summed E-state index contributed by atoms with van der Waals surface area (Å²) in [5.74, 6) is 2.54. The zero-order valence-electron chi connectivity index (χ0n) is 20.1. The van der Waals surface area contributed by atoms with Crippen LogP contribution in [0.3, 0.4) is 0 Å². The topological polar surface area (TPSA) is 87.5 Å². The number of amides is 1. The third-order valence-corrected chi connectivity index (χ3v) is 6.72. The van der Waals surface area contributed by atoms with Crippen LogP contribution in [-0.2, 0) is 11.3 Å². The van der Waals surface area contributed by atoms with E-state index in [2.05, 4.69) is 15.5 Å². The maximum absolute atomic E-state index is 12.6. The number of methoxy groups -OCH3 is 2. The number of nitrogens with zero attached hydrogens (tertiary/aromatic N) is 3. The lowest BCUT2D eigenvalue weighted by Crippen LogP contribution is -2.16. The van der Waals surface area contributed by atoms with Gasteiger partial charge < -0.3 is 24.1 Å². The molecule has 1 amide bonds. The molecular weight excluding hydrogens is 476 g/mol. The number of hydrogen-bond acceptors (Lipinski definition) is 7. The zero-order chi connectivity index (χ0) is 24.8. The summed E-state index contributed by atoms with van der Waals surface area (Å²) in [6.45, 7) is 8.46. The average molecular weight is 505 g/mol. The van der Waals surface area contributed by atoms with Gasteiger partial charge in [-0.25, -0.2) is 0 Å². The van der Waals surface area contributed by atoms with Crippen molar-refractivity contribution in [3.05, 3.63) is 52.3 Å². The molecule has 3 rings (SSSR count). The molecule has 1 heterocycles. The summed E-state index contributed by atoms with van der Waals surface area (Å²) < 4.78 is 18.6. The number of halogens is 1. The van der Waals surface area contributed by atoms with Gasteiger partial charge in [-0.05, 0) is 63.1 Å². The number of hydrogen-bond donors (Lipinski definition) is 1. The molecule has 3 aromatic rings. The van der Waals surface area contributed by atoms with Crippen LogP contribution in [-0.4, -0.2) is 40.6 Å². The van der Waals surface area contributed by atoms with Gasteiger partial charge in [0.05, 0.1) is 25.7 Å². The zero-order valence-corrected chi connectivity index (χ0v) is 21.7. The van der Waals surface area contributed by atoms with Crippen LogP contribution in [0.25, 0.3) is 0 Å². The van der Waals surface area contributed by atoms with Crippen molar-refractivity contribution in [1.29, 1.82) is 0 Å². The molecule has 1 N–H and O–H groups in total. The largest absolute Gasteiger partial charge is 0.497 e. The first-order chi connectivity index (χ1) is 16.3. The molecule has 0 aliphatic carbocycles. The average Bonchev–Trinajstić information content (AvgIpc) is 3.24. The second kappa shape index (κ2) is 11.5. The summed E-state index contributed by atoms with van der Waals surface area (Å²) in [6.07, 6.45) is -0.336. The Bertz CT molecular complexity index is 1140. The lowest BCUT2D eigenvalue weighted by atomic mass is 10.1. The van der Waals surface area contributed by atoms with E-state index in [1.54, 1.807) is 32.4 Å². The first-order valence-electron chi connectivity index (χ1n) is 10.8. The number of carbonyl (C=O) groups excluding carboxylic acids is 1. The van der Waals surface area contributed by atoms with Crippen LogP contribution in [0.1, 0.15) is 36.9 Å². The van der Waals surface area contributed by atoms with Crippen molar-refractivity contribution in [2.75, 3.05) is 25.3 Å². The van der Waals surface area contributed by atoms with Crippen LogP contribution in [0.4, 0.5) is 5.69 Å². The highest BCUT2D eigenvalue weighted by Crippen LogP contribution is 2.31. The third-order valence-electron chi connectivity index (χ3n) is 5.16. The van der Waals surface area contributed by atoms with Crippen LogP contribution >= 0.6 is 23.4 Å². The van der Waals surface area contributed by atoms with E-state index < -0.39 is 0 Å². The Balaban J connectivity index is 1.68. The van der Waals surface area contributed by atoms with E-state index in [0.717, 1.165) is 21.9 Å². The lowest BCUT2D eigenvalue weighted by Gasteiger charge is -2.17. The van der Waals surface area contributed by atoms with Crippen LogP contribution in [0.2, 0.25) is 5.02 Å². The summed E-state index contributed by atoms with van der Waals surface area (Å²) in [5.41, 5.74) is 2.45. The van der Waals surface area contributed by atoms with E-state index in [-0.39, 0.29) is 17.8 Å². The Hall–Kier alpha value is -2.91. The molecule has 0 saturated carbocycles. The monoisotopic (exact) mass is 504 g/mol. The van der Waals surface area contributed by atoms with Gasteiger partial charge >= 0.3 is 0 Å². The second-order valence-corrected chi connectivity index (χ2v) is 8.94. The van der Waals surface area contributed by atoms with Crippen molar-refractivity contribution in [2.45, 2.75) is 45.5 Å². The molecule has 0 aliphatic rings. The minimum Gasteiger partial charge on any atom is -0.497 e. The first kappa shape index (κ1) is 25.7. The smallest absolute Gasteiger partial charge is 0.234 e. The molecular formula is C24H29ClN4O4S. The molecule has 1 aromatic heterocycles. The SMILES string of the molecule is CCn1c(SCC(=O)Nc2cc(OC)ccc2OC)nnc1C(C)Oc1cc(C)c(Cl)c(C)c1. The van der Waals surface area contributed by atoms with Gasteiger partial charge in [0.1, 0.15) is 17.2 Å². The number of thioether (sulfide) groups is 1. The molecule has 1 unspecified atom stereocenters. The van der Waals surface area contributed by atoms with Crippen molar-refractivity contribution >= 4 is 35.0 Å². The molecule has 34 heavy (non-hydrogen) atoms. The van der Waals surface area contributed by atoms with Gasteiger partial charge in [-0.1, -0.05) is 23.4 Å². The van der Waals surface area contributed by atoms with Gasteiger partial charge in [0.2, 0.25) is 5.91 Å². The van der Waals surface area contributed by atoms with Crippen molar-refractivity contribution < 1.29 is 19.0 Å². The van der Waals surface area contributed by atoms with E-state index >= 15 is 0 Å². The minimum absolute atomic E-state index is 0.156. The van der Waals surface area contributed by atoms with Crippen LogP contribution in [0, 0.1) is 13.8 Å². The van der Waals surface area contributed by atoms with Crippen molar-refractivity contribution in [2.24, 2.45) is 0 Å². The lowest BCUT2D eigenvalue weighted by molar-refractivity contribution is -0.113. The van der Waals surface area contributed by atoms with Crippen LogP contribution in [0.5, 0.6) is 17.2 Å². The predicted molar refractivity (Wildman–Crippen MR) is 135 cm³/mol. The number of benzene rings is 2. The van der Waals surface area contributed by atoms with Crippen molar-refractivity contribution in [1.82, 2.24) is 14.8 Å². The number of aromatic nitrogens is 3. The Morgan fingerprint density at radius 2 is 1.82 bits per heavy atom. The third kappa shape index (κ3) is 5.95. The highest BCUT2D eigenvalue weighted by molar-refractivity contribution is 7.99. The van der Waals surface area contributed by atoms with Crippen LogP contribution < -0.4 is 19.5 Å². The van der Waals surface area contributed by atoms with E-state index in [9.17, 15) is 4.79 Å². The van der Waals surface area contributed by atoms with E-state index in [0.29, 0.717) is 34.7 Å². The maximum atomic E-state index is 12.6. The number of rotatable bonds is 10. The Labute approximate surface area is 209 Å². The number of anilines is 1. The van der Waals surface area contributed by atoms with Crippen molar-refractivity contribution in [3.63, 3.8) is 0 Å². The second-order valence-electron chi connectivity index (χ2n) is 7.62. The van der Waals surface area contributed by atoms with Crippen molar-refractivity contribution in [3.8, 4) is 17.2 Å². The fourth-order valence-electron chi connectivity index (χ4n) is 3.46. The molecule has 2 aromatic carbocycles. The Kier molecular flexibility index (Phi) is 8.68. The summed E-state index contributed by atoms with van der Waals surface area (Å²) in [4.78, 5) is 12.6. The number of carbonyl (C=O) groups is 1. The molecule has 1 atom stereocenters. The molecule has 0 aliphatic heterocycles. The quantitative estimate of drug-likeness (QED) is 0.367. The fraction of sp³-hybridized carbons (Fsp3) is 0.375. The van der Waals surface area contributed by atoms with E-state index in [4.69, 9.17) is 25.8 Å². The summed E-state index contributed by atoms with van der Waals surface area (Å²) >= 11 is 7.57. The van der Waals surface area contributed by atoms with Gasteiger partial charge in [0.25, 0.3) is 0 Å². The minimum atomic E-state index is -0.336. The van der Waals surface area contributed by atoms with Crippen LogP contribution in [0.15, 0.2) is 35.5 Å². The van der Waals surface area contributed by atoms with Gasteiger partial charge in [-0.15, -0.1) is 10.2 Å². The Morgan fingerprint density at radius 3 is 2.44 bits per heavy atom. The van der Waals surface area contributed by atoms with Gasteiger partial charge in [0, 0.05) is 17.6 Å². The number of nitrogens with one attached hydrogen (secondary N) is 1. The van der Waals surface area contributed by atoms with Gasteiger partial charge in [-0.2, -0.15) is 0 Å². The molecule has 0 saturated heterocycles.